The van der Waals surface area contributed by atoms with E-state index in [4.69, 9.17) is 4.74 Å². The molecular formula is C13H13NOS. The summed E-state index contributed by atoms with van der Waals surface area (Å²) in [6.07, 6.45) is 0. The first kappa shape index (κ1) is 9.73. The van der Waals surface area contributed by atoms with Crippen LogP contribution in [0, 0.1) is 6.92 Å². The lowest BCUT2D eigenvalue weighted by atomic mass is 10.1. The van der Waals surface area contributed by atoms with Gasteiger partial charge in [0.1, 0.15) is 12.4 Å². The number of anilines is 1. The van der Waals surface area contributed by atoms with E-state index in [1.165, 1.54) is 11.1 Å². The Kier molecular flexibility index (Phi) is 2.33. The largest absolute Gasteiger partial charge is 0.489 e. The molecule has 1 aromatic heterocycles. The van der Waals surface area contributed by atoms with Crippen LogP contribution < -0.4 is 10.1 Å². The Morgan fingerprint density at radius 3 is 3.12 bits per heavy atom. The van der Waals surface area contributed by atoms with E-state index in [-0.39, 0.29) is 6.04 Å². The van der Waals surface area contributed by atoms with E-state index >= 15 is 0 Å². The van der Waals surface area contributed by atoms with Gasteiger partial charge in [-0.1, -0.05) is 6.07 Å². The lowest BCUT2D eigenvalue weighted by molar-refractivity contribution is 0.286. The van der Waals surface area contributed by atoms with Crippen molar-refractivity contribution < 1.29 is 4.74 Å². The minimum absolute atomic E-state index is 0.278. The smallest absolute Gasteiger partial charge is 0.142 e. The predicted octanol–water partition coefficient (Wildman–Crippen LogP) is 3.60. The zero-order valence-electron chi connectivity index (χ0n) is 9.07. The molecule has 0 saturated heterocycles. The number of hydrogen-bond donors (Lipinski definition) is 1. The molecule has 2 heterocycles. The Morgan fingerprint density at radius 1 is 1.38 bits per heavy atom. The number of nitrogens with one attached hydrogen (secondary N) is 1. The molecule has 1 aliphatic rings. The molecule has 16 heavy (non-hydrogen) atoms. The van der Waals surface area contributed by atoms with Gasteiger partial charge in [0.2, 0.25) is 0 Å². The van der Waals surface area contributed by atoms with Crippen molar-refractivity contribution >= 4 is 17.0 Å². The fourth-order valence-electron chi connectivity index (χ4n) is 1.94. The Hall–Kier alpha value is -1.48. The summed E-state index contributed by atoms with van der Waals surface area (Å²) in [5.74, 6) is 0.956. The van der Waals surface area contributed by atoms with Crippen molar-refractivity contribution in [3.63, 3.8) is 0 Å². The lowest BCUT2D eigenvalue weighted by Gasteiger charge is -2.27. The Labute approximate surface area is 98.9 Å². The van der Waals surface area contributed by atoms with Crippen LogP contribution in [0.2, 0.25) is 0 Å². The van der Waals surface area contributed by atoms with Gasteiger partial charge in [-0.2, -0.15) is 11.3 Å². The lowest BCUT2D eigenvalue weighted by Crippen LogP contribution is -2.23. The summed E-state index contributed by atoms with van der Waals surface area (Å²) in [6.45, 7) is 2.79. The summed E-state index contributed by atoms with van der Waals surface area (Å²) in [5.41, 5.74) is 3.65. The van der Waals surface area contributed by atoms with Gasteiger partial charge in [0.15, 0.2) is 0 Å². The van der Waals surface area contributed by atoms with Gasteiger partial charge in [-0.25, -0.2) is 0 Å². The third-order valence-corrected chi connectivity index (χ3v) is 3.52. The summed E-state index contributed by atoms with van der Waals surface area (Å²) in [7, 11) is 0. The molecule has 0 radical (unpaired) electrons. The van der Waals surface area contributed by atoms with Crippen LogP contribution in [0.1, 0.15) is 17.2 Å². The van der Waals surface area contributed by atoms with Crippen LogP contribution in [0.5, 0.6) is 5.75 Å². The number of thiophene rings is 1. The number of benzene rings is 1. The van der Waals surface area contributed by atoms with Crippen LogP contribution >= 0.6 is 11.3 Å². The molecule has 0 aliphatic carbocycles. The van der Waals surface area contributed by atoms with Crippen molar-refractivity contribution in [1.82, 2.24) is 0 Å². The van der Waals surface area contributed by atoms with Crippen LogP contribution in [0.3, 0.4) is 0 Å². The van der Waals surface area contributed by atoms with Crippen molar-refractivity contribution in [1.29, 1.82) is 0 Å². The highest BCUT2D eigenvalue weighted by molar-refractivity contribution is 7.08. The van der Waals surface area contributed by atoms with Gasteiger partial charge in [-0.05, 0) is 47.0 Å². The Morgan fingerprint density at radius 2 is 2.31 bits per heavy atom. The molecule has 0 fully saturated rings. The minimum atomic E-state index is 0.278. The zero-order chi connectivity index (χ0) is 11.0. The normalized spacial score (nSPS) is 18.4. The fourth-order valence-corrected chi connectivity index (χ4v) is 2.65. The van der Waals surface area contributed by atoms with E-state index in [2.05, 4.69) is 41.2 Å². The maximum atomic E-state index is 5.76. The SMILES string of the molecule is Cc1ccc2c(c1)N[C@H](c1ccsc1)CO2. The van der Waals surface area contributed by atoms with Crippen molar-refractivity contribution in [2.24, 2.45) is 0 Å². The third kappa shape index (κ3) is 1.67. The second kappa shape index (κ2) is 3.83. The van der Waals surface area contributed by atoms with Crippen LogP contribution in [-0.2, 0) is 0 Å². The average molecular weight is 231 g/mol. The molecule has 1 aliphatic heterocycles. The van der Waals surface area contributed by atoms with Crippen molar-refractivity contribution in [3.8, 4) is 5.75 Å². The van der Waals surface area contributed by atoms with Gasteiger partial charge in [0.05, 0.1) is 11.7 Å². The van der Waals surface area contributed by atoms with Gasteiger partial charge >= 0.3 is 0 Å². The highest BCUT2D eigenvalue weighted by Crippen LogP contribution is 2.34. The molecule has 3 rings (SSSR count). The Balaban J connectivity index is 1.91. The molecule has 0 amide bonds. The molecule has 1 aromatic carbocycles. The molecule has 0 unspecified atom stereocenters. The van der Waals surface area contributed by atoms with E-state index in [0.29, 0.717) is 6.61 Å². The maximum Gasteiger partial charge on any atom is 0.142 e. The van der Waals surface area contributed by atoms with Gasteiger partial charge < -0.3 is 10.1 Å². The summed E-state index contributed by atoms with van der Waals surface area (Å²) in [6, 6.07) is 8.66. The second-order valence-corrected chi connectivity index (χ2v) is 4.84. The van der Waals surface area contributed by atoms with E-state index in [0.717, 1.165) is 11.4 Å². The second-order valence-electron chi connectivity index (χ2n) is 4.06. The molecule has 2 nitrogen and oxygen atoms in total. The molecule has 2 aromatic rings. The van der Waals surface area contributed by atoms with Crippen LogP contribution in [0.25, 0.3) is 0 Å². The zero-order valence-corrected chi connectivity index (χ0v) is 9.88. The summed E-state index contributed by atoms with van der Waals surface area (Å²) in [5, 5.41) is 7.79. The van der Waals surface area contributed by atoms with Gasteiger partial charge in [-0.3, -0.25) is 0 Å². The molecule has 3 heteroatoms. The molecule has 1 atom stereocenters. The molecule has 0 saturated carbocycles. The van der Waals surface area contributed by atoms with Gasteiger partial charge in [0.25, 0.3) is 0 Å². The number of rotatable bonds is 1. The first-order valence-corrected chi connectivity index (χ1v) is 6.29. The first-order chi connectivity index (χ1) is 7.83. The molecule has 0 bridgehead atoms. The number of hydrogen-bond acceptors (Lipinski definition) is 3. The fraction of sp³-hybridized carbons (Fsp3) is 0.231. The molecule has 1 N–H and O–H groups in total. The van der Waals surface area contributed by atoms with Crippen LogP contribution in [0.4, 0.5) is 5.69 Å². The highest BCUT2D eigenvalue weighted by atomic mass is 32.1. The summed E-state index contributed by atoms with van der Waals surface area (Å²) in [4.78, 5) is 0. The quantitative estimate of drug-likeness (QED) is 0.809. The van der Waals surface area contributed by atoms with Crippen LogP contribution in [-0.4, -0.2) is 6.61 Å². The predicted molar refractivity (Wildman–Crippen MR) is 67.4 cm³/mol. The monoisotopic (exact) mass is 231 g/mol. The molecule has 82 valence electrons. The number of aryl methyl sites for hydroxylation is 1. The number of ether oxygens (including phenoxy) is 1. The van der Waals surface area contributed by atoms with E-state index < -0.39 is 0 Å². The van der Waals surface area contributed by atoms with Crippen molar-refractivity contribution in [3.05, 3.63) is 46.2 Å². The molecule has 0 spiro atoms. The highest BCUT2D eigenvalue weighted by Gasteiger charge is 2.20. The van der Waals surface area contributed by atoms with Gasteiger partial charge in [-0.15, -0.1) is 0 Å². The maximum absolute atomic E-state index is 5.76. The van der Waals surface area contributed by atoms with Gasteiger partial charge in [0, 0.05) is 0 Å². The summed E-state index contributed by atoms with van der Waals surface area (Å²) >= 11 is 1.72. The third-order valence-electron chi connectivity index (χ3n) is 2.82. The average Bonchev–Trinajstić information content (AvgIpc) is 2.81. The van der Waals surface area contributed by atoms with E-state index in [1.54, 1.807) is 11.3 Å². The summed E-state index contributed by atoms with van der Waals surface area (Å²) < 4.78 is 5.76. The molecular weight excluding hydrogens is 218 g/mol. The van der Waals surface area contributed by atoms with Crippen molar-refractivity contribution in [2.75, 3.05) is 11.9 Å². The minimum Gasteiger partial charge on any atom is -0.489 e. The first-order valence-electron chi connectivity index (χ1n) is 5.35. The standard InChI is InChI=1S/C13H13NOS/c1-9-2-3-13-11(6-9)14-12(7-15-13)10-4-5-16-8-10/h2-6,8,12,14H,7H2,1H3/t12-/m0/s1. The number of fused-ring (bicyclic) bond motifs is 1. The van der Waals surface area contributed by atoms with E-state index in [1.807, 2.05) is 6.07 Å². The topological polar surface area (TPSA) is 21.3 Å². The van der Waals surface area contributed by atoms with Crippen LogP contribution in [0.15, 0.2) is 35.0 Å². The van der Waals surface area contributed by atoms with E-state index in [9.17, 15) is 0 Å². The Bertz CT molecular complexity index is 493. The van der Waals surface area contributed by atoms with Crippen molar-refractivity contribution in [2.45, 2.75) is 13.0 Å².